The Morgan fingerprint density at radius 3 is 2.42 bits per heavy atom. The summed E-state index contributed by atoms with van der Waals surface area (Å²) in [6.07, 6.45) is 0.845. The molecule has 2 aromatic rings. The summed E-state index contributed by atoms with van der Waals surface area (Å²) in [4.78, 5) is 19.3. The second kappa shape index (κ2) is 8.26. The number of hydrogen-bond acceptors (Lipinski definition) is 6. The molecule has 0 spiro atoms. The van der Waals surface area contributed by atoms with Crippen LogP contribution in [-0.2, 0) is 0 Å². The zero-order chi connectivity index (χ0) is 17.5. The van der Waals surface area contributed by atoms with Crippen LogP contribution in [0.3, 0.4) is 0 Å². The first-order valence-electron chi connectivity index (χ1n) is 7.69. The van der Waals surface area contributed by atoms with E-state index in [-0.39, 0.29) is 5.69 Å². The van der Waals surface area contributed by atoms with E-state index in [0.29, 0.717) is 18.2 Å². The SMILES string of the molecule is COc1ccc([N+](=O)[O-])c(N(CCCN(C)C)c2ccccc2)n1. The molecule has 0 saturated heterocycles. The van der Waals surface area contributed by atoms with Gasteiger partial charge in [0, 0.05) is 24.4 Å². The molecule has 2 rings (SSSR count). The fourth-order valence-electron chi connectivity index (χ4n) is 2.39. The van der Waals surface area contributed by atoms with E-state index in [9.17, 15) is 10.1 Å². The van der Waals surface area contributed by atoms with E-state index < -0.39 is 4.92 Å². The largest absolute Gasteiger partial charge is 0.481 e. The maximum absolute atomic E-state index is 11.4. The highest BCUT2D eigenvalue weighted by Crippen LogP contribution is 2.33. The molecule has 0 saturated carbocycles. The van der Waals surface area contributed by atoms with Crippen molar-refractivity contribution in [3.05, 3.63) is 52.6 Å². The number of para-hydroxylation sites is 1. The van der Waals surface area contributed by atoms with Crippen LogP contribution in [-0.4, -0.2) is 49.1 Å². The summed E-state index contributed by atoms with van der Waals surface area (Å²) in [6.45, 7) is 1.49. The van der Waals surface area contributed by atoms with Crippen LogP contribution in [0.4, 0.5) is 17.2 Å². The third-order valence-corrected chi connectivity index (χ3v) is 3.55. The average Bonchev–Trinajstić information content (AvgIpc) is 2.58. The summed E-state index contributed by atoms with van der Waals surface area (Å²) in [6, 6.07) is 12.5. The number of pyridine rings is 1. The second-order valence-corrected chi connectivity index (χ2v) is 5.60. The van der Waals surface area contributed by atoms with Gasteiger partial charge in [0.15, 0.2) is 0 Å². The standard InChI is InChI=1S/C17H22N4O3/c1-19(2)12-7-13-20(14-8-5-4-6-9-14)17-15(21(22)23)10-11-16(18-17)24-3/h4-6,8-11H,7,12-13H2,1-3H3. The Hall–Kier alpha value is -2.67. The van der Waals surface area contributed by atoms with Crippen molar-refractivity contribution >= 4 is 17.2 Å². The quantitative estimate of drug-likeness (QED) is 0.547. The second-order valence-electron chi connectivity index (χ2n) is 5.60. The van der Waals surface area contributed by atoms with Crippen LogP contribution in [0, 0.1) is 10.1 Å². The zero-order valence-corrected chi connectivity index (χ0v) is 14.2. The van der Waals surface area contributed by atoms with Crippen molar-refractivity contribution < 1.29 is 9.66 Å². The highest BCUT2D eigenvalue weighted by molar-refractivity contribution is 5.68. The molecule has 0 bridgehead atoms. The molecule has 1 aromatic carbocycles. The molecule has 0 aliphatic rings. The van der Waals surface area contributed by atoms with Crippen LogP contribution in [0.15, 0.2) is 42.5 Å². The first-order chi connectivity index (χ1) is 11.5. The van der Waals surface area contributed by atoms with Gasteiger partial charge in [-0.2, -0.15) is 4.98 Å². The first-order valence-corrected chi connectivity index (χ1v) is 7.69. The summed E-state index contributed by atoms with van der Waals surface area (Å²) < 4.78 is 5.15. The van der Waals surface area contributed by atoms with Gasteiger partial charge in [0.05, 0.1) is 12.0 Å². The molecule has 0 amide bonds. The van der Waals surface area contributed by atoms with E-state index in [0.717, 1.165) is 18.7 Å². The van der Waals surface area contributed by atoms with Gasteiger partial charge in [0.25, 0.3) is 0 Å². The van der Waals surface area contributed by atoms with E-state index in [4.69, 9.17) is 4.74 Å². The molecule has 24 heavy (non-hydrogen) atoms. The number of nitrogens with zero attached hydrogens (tertiary/aromatic N) is 4. The lowest BCUT2D eigenvalue weighted by molar-refractivity contribution is -0.384. The molecule has 0 aliphatic heterocycles. The predicted octanol–water partition coefficient (Wildman–Crippen LogP) is 3.09. The number of rotatable bonds is 8. The molecule has 128 valence electrons. The number of methoxy groups -OCH3 is 1. The molecule has 0 fully saturated rings. The molecule has 1 aromatic heterocycles. The van der Waals surface area contributed by atoms with E-state index in [1.54, 1.807) is 0 Å². The number of ether oxygens (including phenoxy) is 1. The van der Waals surface area contributed by atoms with Crippen LogP contribution in [0.1, 0.15) is 6.42 Å². The minimum absolute atomic E-state index is 0.0375. The third-order valence-electron chi connectivity index (χ3n) is 3.55. The van der Waals surface area contributed by atoms with Gasteiger partial charge in [-0.25, -0.2) is 0 Å². The summed E-state index contributed by atoms with van der Waals surface area (Å²) >= 11 is 0. The Morgan fingerprint density at radius 2 is 1.83 bits per heavy atom. The molecule has 7 heteroatoms. The van der Waals surface area contributed by atoms with Crippen LogP contribution in [0.5, 0.6) is 5.88 Å². The highest BCUT2D eigenvalue weighted by Gasteiger charge is 2.23. The Morgan fingerprint density at radius 1 is 1.12 bits per heavy atom. The number of hydrogen-bond donors (Lipinski definition) is 0. The Labute approximate surface area is 141 Å². The lowest BCUT2D eigenvalue weighted by Gasteiger charge is -2.24. The van der Waals surface area contributed by atoms with Crippen molar-refractivity contribution in [1.29, 1.82) is 0 Å². The highest BCUT2D eigenvalue weighted by atomic mass is 16.6. The fourth-order valence-corrected chi connectivity index (χ4v) is 2.39. The van der Waals surface area contributed by atoms with E-state index in [1.165, 1.54) is 19.2 Å². The zero-order valence-electron chi connectivity index (χ0n) is 14.2. The van der Waals surface area contributed by atoms with Gasteiger partial charge in [0.2, 0.25) is 11.7 Å². The lowest BCUT2D eigenvalue weighted by Crippen LogP contribution is -2.24. The molecule has 7 nitrogen and oxygen atoms in total. The van der Waals surface area contributed by atoms with Gasteiger partial charge >= 0.3 is 5.69 Å². The maximum Gasteiger partial charge on any atom is 0.312 e. The predicted molar refractivity (Wildman–Crippen MR) is 94.1 cm³/mol. The summed E-state index contributed by atoms with van der Waals surface area (Å²) in [5.74, 6) is 0.647. The Balaban J connectivity index is 2.44. The Kier molecular flexibility index (Phi) is 6.08. The summed E-state index contributed by atoms with van der Waals surface area (Å²) in [5.41, 5.74) is 0.824. The minimum atomic E-state index is -0.413. The molecule has 0 unspecified atom stereocenters. The van der Waals surface area contributed by atoms with Gasteiger partial charge < -0.3 is 14.5 Å². The van der Waals surface area contributed by atoms with Crippen molar-refractivity contribution in [2.45, 2.75) is 6.42 Å². The lowest BCUT2D eigenvalue weighted by atomic mass is 10.2. The molecular weight excluding hydrogens is 308 g/mol. The third kappa shape index (κ3) is 4.42. The van der Waals surface area contributed by atoms with Crippen molar-refractivity contribution in [3.63, 3.8) is 0 Å². The first kappa shape index (κ1) is 17.7. The van der Waals surface area contributed by atoms with Crippen LogP contribution < -0.4 is 9.64 Å². The monoisotopic (exact) mass is 330 g/mol. The summed E-state index contributed by atoms with van der Waals surface area (Å²) in [7, 11) is 5.50. The number of anilines is 2. The normalized spacial score (nSPS) is 10.7. The van der Waals surface area contributed by atoms with E-state index >= 15 is 0 Å². The Bertz CT molecular complexity index is 677. The average molecular weight is 330 g/mol. The summed E-state index contributed by atoms with van der Waals surface area (Å²) in [5, 5.41) is 11.4. The van der Waals surface area contributed by atoms with Crippen molar-refractivity contribution in [1.82, 2.24) is 9.88 Å². The van der Waals surface area contributed by atoms with E-state index in [2.05, 4.69) is 9.88 Å². The van der Waals surface area contributed by atoms with Gasteiger partial charge in [-0.3, -0.25) is 10.1 Å². The molecule has 1 heterocycles. The molecule has 0 radical (unpaired) electrons. The minimum Gasteiger partial charge on any atom is -0.481 e. The van der Waals surface area contributed by atoms with Crippen molar-refractivity contribution in [2.75, 3.05) is 39.2 Å². The maximum atomic E-state index is 11.4. The fraction of sp³-hybridized carbons (Fsp3) is 0.353. The molecule has 0 aliphatic carbocycles. The van der Waals surface area contributed by atoms with Crippen LogP contribution in [0.25, 0.3) is 0 Å². The molecular formula is C17H22N4O3. The number of nitro groups is 1. The van der Waals surface area contributed by atoms with Gasteiger partial charge in [0.1, 0.15) is 0 Å². The van der Waals surface area contributed by atoms with Gasteiger partial charge in [-0.15, -0.1) is 0 Å². The smallest absolute Gasteiger partial charge is 0.312 e. The van der Waals surface area contributed by atoms with E-state index in [1.807, 2.05) is 49.3 Å². The van der Waals surface area contributed by atoms with Crippen LogP contribution >= 0.6 is 0 Å². The molecule has 0 atom stereocenters. The van der Waals surface area contributed by atoms with Crippen molar-refractivity contribution in [2.24, 2.45) is 0 Å². The number of benzene rings is 1. The van der Waals surface area contributed by atoms with Gasteiger partial charge in [-0.1, -0.05) is 18.2 Å². The van der Waals surface area contributed by atoms with Crippen LogP contribution in [0.2, 0.25) is 0 Å². The number of aromatic nitrogens is 1. The topological polar surface area (TPSA) is 71.7 Å². The van der Waals surface area contributed by atoms with Gasteiger partial charge in [-0.05, 0) is 39.2 Å². The van der Waals surface area contributed by atoms with Crippen molar-refractivity contribution in [3.8, 4) is 5.88 Å². The molecule has 0 N–H and O–H groups in total.